The van der Waals surface area contributed by atoms with Crippen molar-refractivity contribution in [3.8, 4) is 0 Å². The van der Waals surface area contributed by atoms with E-state index in [1.54, 1.807) is 0 Å². The van der Waals surface area contributed by atoms with E-state index in [-0.39, 0.29) is 17.4 Å². The van der Waals surface area contributed by atoms with E-state index >= 15 is 0 Å². The largest absolute Gasteiger partial charge is 0.481 e. The summed E-state index contributed by atoms with van der Waals surface area (Å²) in [6.45, 7) is 8.17. The van der Waals surface area contributed by atoms with Crippen LogP contribution in [0.2, 0.25) is 0 Å². The van der Waals surface area contributed by atoms with Gasteiger partial charge in [0.25, 0.3) is 0 Å². The van der Waals surface area contributed by atoms with Crippen molar-refractivity contribution in [1.29, 1.82) is 0 Å². The number of nitrogens with one attached hydrogen (secondary N) is 1. The Morgan fingerprint density at radius 3 is 2.11 bits per heavy atom. The summed E-state index contributed by atoms with van der Waals surface area (Å²) in [6.07, 6.45) is 4.02. The molecule has 1 saturated carbocycles. The Kier molecular flexibility index (Phi) is 5.39. The van der Waals surface area contributed by atoms with Crippen molar-refractivity contribution in [1.82, 2.24) is 5.32 Å². The molecule has 110 valence electrons. The van der Waals surface area contributed by atoms with Crippen molar-refractivity contribution >= 4 is 11.9 Å². The van der Waals surface area contributed by atoms with Gasteiger partial charge in [0, 0.05) is 5.54 Å². The van der Waals surface area contributed by atoms with Crippen LogP contribution in [-0.4, -0.2) is 22.5 Å². The topological polar surface area (TPSA) is 66.4 Å². The highest BCUT2D eigenvalue weighted by molar-refractivity contribution is 5.85. The molecule has 0 saturated heterocycles. The molecule has 19 heavy (non-hydrogen) atoms. The Labute approximate surface area is 116 Å². The maximum absolute atomic E-state index is 12.4. The fourth-order valence-corrected chi connectivity index (χ4v) is 2.86. The molecule has 1 rings (SSSR count). The number of aliphatic carboxylic acids is 1. The standard InChI is InChI=1S/C15H27NO3/c1-5-10-8-11(12(9-10)14(18)19)13(17)16-15(4,6-2)7-3/h10-12H,5-9H2,1-4H3,(H,16,17)(H,18,19). The van der Waals surface area contributed by atoms with E-state index < -0.39 is 11.9 Å². The highest BCUT2D eigenvalue weighted by Gasteiger charge is 2.43. The molecule has 0 bridgehead atoms. The minimum atomic E-state index is -0.828. The van der Waals surface area contributed by atoms with E-state index in [9.17, 15) is 14.7 Å². The van der Waals surface area contributed by atoms with Crippen molar-refractivity contribution < 1.29 is 14.7 Å². The molecular formula is C15H27NO3. The molecule has 0 spiro atoms. The van der Waals surface area contributed by atoms with Gasteiger partial charge in [0.05, 0.1) is 11.8 Å². The molecule has 3 atom stereocenters. The van der Waals surface area contributed by atoms with E-state index in [2.05, 4.69) is 12.2 Å². The van der Waals surface area contributed by atoms with Crippen LogP contribution in [0, 0.1) is 17.8 Å². The van der Waals surface area contributed by atoms with Crippen LogP contribution in [0.15, 0.2) is 0 Å². The smallest absolute Gasteiger partial charge is 0.307 e. The molecule has 1 fully saturated rings. The number of hydrogen-bond acceptors (Lipinski definition) is 2. The Bertz CT molecular complexity index is 336. The van der Waals surface area contributed by atoms with Gasteiger partial charge in [-0.1, -0.05) is 27.2 Å². The highest BCUT2D eigenvalue weighted by Crippen LogP contribution is 2.38. The van der Waals surface area contributed by atoms with Crippen LogP contribution in [0.4, 0.5) is 0 Å². The molecule has 2 N–H and O–H groups in total. The van der Waals surface area contributed by atoms with Gasteiger partial charge in [-0.05, 0) is 38.5 Å². The average Bonchev–Trinajstić information content (AvgIpc) is 2.83. The van der Waals surface area contributed by atoms with Crippen LogP contribution in [0.3, 0.4) is 0 Å². The van der Waals surface area contributed by atoms with Crippen LogP contribution in [-0.2, 0) is 9.59 Å². The maximum Gasteiger partial charge on any atom is 0.307 e. The Hall–Kier alpha value is -1.06. The lowest BCUT2D eigenvalue weighted by molar-refractivity contribution is -0.146. The van der Waals surface area contributed by atoms with Gasteiger partial charge in [0.15, 0.2) is 0 Å². The SMILES string of the molecule is CCC1CC(C(=O)O)C(C(=O)NC(C)(CC)CC)C1. The van der Waals surface area contributed by atoms with Gasteiger partial charge in [-0.15, -0.1) is 0 Å². The van der Waals surface area contributed by atoms with Crippen LogP contribution < -0.4 is 5.32 Å². The fraction of sp³-hybridized carbons (Fsp3) is 0.867. The normalized spacial score (nSPS) is 27.3. The summed E-state index contributed by atoms with van der Waals surface area (Å²) in [4.78, 5) is 23.7. The number of carboxylic acid groups (broad SMARTS) is 1. The summed E-state index contributed by atoms with van der Waals surface area (Å²) < 4.78 is 0. The van der Waals surface area contributed by atoms with Gasteiger partial charge < -0.3 is 10.4 Å². The number of rotatable bonds is 6. The summed E-state index contributed by atoms with van der Waals surface area (Å²) in [6, 6.07) is 0. The summed E-state index contributed by atoms with van der Waals surface area (Å²) in [7, 11) is 0. The second kappa shape index (κ2) is 6.40. The molecule has 0 heterocycles. The van der Waals surface area contributed by atoms with E-state index in [1.165, 1.54) is 0 Å². The Morgan fingerprint density at radius 2 is 1.68 bits per heavy atom. The summed E-state index contributed by atoms with van der Waals surface area (Å²) in [5.74, 6) is -1.41. The summed E-state index contributed by atoms with van der Waals surface area (Å²) >= 11 is 0. The zero-order valence-electron chi connectivity index (χ0n) is 12.5. The summed E-state index contributed by atoms with van der Waals surface area (Å²) in [5.41, 5.74) is -0.218. The van der Waals surface area contributed by atoms with Crippen molar-refractivity contribution in [3.05, 3.63) is 0 Å². The first-order valence-corrected chi connectivity index (χ1v) is 7.41. The lowest BCUT2D eigenvalue weighted by Crippen LogP contribution is -2.48. The van der Waals surface area contributed by atoms with Crippen molar-refractivity contribution in [2.75, 3.05) is 0 Å². The third-order valence-electron chi connectivity index (χ3n) is 4.88. The zero-order chi connectivity index (χ0) is 14.6. The Morgan fingerprint density at radius 1 is 1.16 bits per heavy atom. The van der Waals surface area contributed by atoms with Crippen molar-refractivity contribution in [2.45, 2.75) is 65.3 Å². The molecule has 1 amide bonds. The van der Waals surface area contributed by atoms with Gasteiger partial charge in [0.2, 0.25) is 5.91 Å². The van der Waals surface area contributed by atoms with Gasteiger partial charge in [0.1, 0.15) is 0 Å². The first-order chi connectivity index (χ1) is 8.86. The third-order valence-corrected chi connectivity index (χ3v) is 4.88. The molecule has 0 aromatic rings. The Balaban J connectivity index is 2.77. The minimum absolute atomic E-state index is 0.0745. The monoisotopic (exact) mass is 269 g/mol. The molecule has 0 aromatic heterocycles. The zero-order valence-corrected chi connectivity index (χ0v) is 12.5. The molecule has 1 aliphatic carbocycles. The molecule has 0 aliphatic heterocycles. The number of amides is 1. The first-order valence-electron chi connectivity index (χ1n) is 7.41. The van der Waals surface area contributed by atoms with Gasteiger partial charge in [-0.2, -0.15) is 0 Å². The van der Waals surface area contributed by atoms with Crippen molar-refractivity contribution in [3.63, 3.8) is 0 Å². The van der Waals surface area contributed by atoms with Gasteiger partial charge in [-0.3, -0.25) is 9.59 Å². The fourth-order valence-electron chi connectivity index (χ4n) is 2.86. The lowest BCUT2D eigenvalue weighted by Gasteiger charge is -2.30. The molecule has 4 heteroatoms. The van der Waals surface area contributed by atoms with E-state index in [0.29, 0.717) is 18.8 Å². The molecule has 0 aromatic carbocycles. The average molecular weight is 269 g/mol. The van der Waals surface area contributed by atoms with Crippen molar-refractivity contribution in [2.24, 2.45) is 17.8 Å². The second-order valence-electron chi connectivity index (χ2n) is 6.05. The maximum atomic E-state index is 12.4. The third kappa shape index (κ3) is 3.71. The first kappa shape index (κ1) is 16.0. The van der Waals surface area contributed by atoms with Crippen LogP contribution >= 0.6 is 0 Å². The highest BCUT2D eigenvalue weighted by atomic mass is 16.4. The predicted octanol–water partition coefficient (Wildman–Crippen LogP) is 2.82. The quantitative estimate of drug-likeness (QED) is 0.779. The number of hydrogen-bond donors (Lipinski definition) is 2. The minimum Gasteiger partial charge on any atom is -0.481 e. The molecular weight excluding hydrogens is 242 g/mol. The molecule has 4 nitrogen and oxygen atoms in total. The van der Waals surface area contributed by atoms with Gasteiger partial charge in [-0.25, -0.2) is 0 Å². The summed E-state index contributed by atoms with van der Waals surface area (Å²) in [5, 5.41) is 12.3. The van der Waals surface area contributed by atoms with Crippen LogP contribution in [0.1, 0.15) is 59.8 Å². The van der Waals surface area contributed by atoms with E-state index in [1.807, 2.05) is 20.8 Å². The number of carbonyl (C=O) groups excluding carboxylic acids is 1. The molecule has 1 aliphatic rings. The van der Waals surface area contributed by atoms with Crippen LogP contribution in [0.5, 0.6) is 0 Å². The van der Waals surface area contributed by atoms with Crippen LogP contribution in [0.25, 0.3) is 0 Å². The molecule has 0 radical (unpaired) electrons. The predicted molar refractivity (Wildman–Crippen MR) is 74.8 cm³/mol. The number of carboxylic acids is 1. The van der Waals surface area contributed by atoms with E-state index in [0.717, 1.165) is 19.3 Å². The number of carbonyl (C=O) groups is 2. The second-order valence-corrected chi connectivity index (χ2v) is 6.05. The van der Waals surface area contributed by atoms with E-state index in [4.69, 9.17) is 0 Å². The van der Waals surface area contributed by atoms with Gasteiger partial charge >= 0.3 is 5.97 Å². The lowest BCUT2D eigenvalue weighted by atomic mass is 9.91. The molecule has 3 unspecified atom stereocenters.